The van der Waals surface area contributed by atoms with E-state index < -0.39 is 17.7 Å². The Bertz CT molecular complexity index is 2820. The Morgan fingerprint density at radius 3 is 2.17 bits per heavy atom. The minimum Gasteiger partial charge on any atom is -0.494 e. The molecule has 0 spiro atoms. The topological polar surface area (TPSA) is 238 Å². The minimum absolute atomic E-state index is 0.0303. The molecule has 2 aromatic carbocycles. The number of anilines is 1. The van der Waals surface area contributed by atoms with Crippen LogP contribution in [0.4, 0.5) is 5.95 Å². The number of imidazole rings is 1. The molecule has 0 aliphatic heterocycles. The lowest BCUT2D eigenvalue weighted by Gasteiger charge is -2.13. The number of rotatable bonds is 19. The highest BCUT2D eigenvalue weighted by Gasteiger charge is 2.24. The van der Waals surface area contributed by atoms with Gasteiger partial charge in [0.25, 0.3) is 5.91 Å². The van der Waals surface area contributed by atoms with Gasteiger partial charge < -0.3 is 37.9 Å². The summed E-state index contributed by atoms with van der Waals surface area (Å²) in [5.41, 5.74) is 8.55. The van der Waals surface area contributed by atoms with Gasteiger partial charge in [-0.3, -0.25) is 29.3 Å². The summed E-state index contributed by atoms with van der Waals surface area (Å²) < 4.78 is 32.8. The smallest absolute Gasteiger partial charge is 0.317 e. The van der Waals surface area contributed by atoms with Gasteiger partial charge in [-0.2, -0.15) is 4.99 Å². The molecule has 0 saturated heterocycles. The first-order valence-corrected chi connectivity index (χ1v) is 21.3. The maximum absolute atomic E-state index is 13.7. The summed E-state index contributed by atoms with van der Waals surface area (Å²) in [5.74, 6) is -0.966. The van der Waals surface area contributed by atoms with E-state index >= 15 is 0 Å². The van der Waals surface area contributed by atoms with Gasteiger partial charge in [0, 0.05) is 44.5 Å². The first kappa shape index (κ1) is 45.6. The zero-order valence-corrected chi connectivity index (χ0v) is 37.3. The van der Waals surface area contributed by atoms with E-state index in [4.69, 9.17) is 33.8 Å². The van der Waals surface area contributed by atoms with Gasteiger partial charge in [-0.15, -0.1) is 0 Å². The van der Waals surface area contributed by atoms with Crippen LogP contribution in [0, 0.1) is 13.8 Å². The molecule has 6 rings (SSSR count). The van der Waals surface area contributed by atoms with Gasteiger partial charge in [-0.1, -0.05) is 44.3 Å². The fourth-order valence-corrected chi connectivity index (χ4v) is 7.82. The standard InChI is InChI=1S/C44H50N8O10S/c1-9-23(4)60-35(54)15-14-18-59-33-21-28(40(45)55)19-31-36(33)51(43(48-31)49-41(56)38-29(10-2)46-25(6)61-38)16-12-13-17-52-37-32(58-8)20-27(24(5)53)22-34(37)63-44(52)50-42(57)39-30(11-3)47-26(7)62-39/h12-13,19-23H,9-11,14-18H2,1-8H3,(H2,45,55)(H,48,49,56)/b13-12+,50-44-/t23-/m0/s1. The number of hydrogen-bond acceptors (Lipinski definition) is 14. The molecule has 3 amide bonds. The number of ketones is 1. The van der Waals surface area contributed by atoms with E-state index in [-0.39, 0.29) is 72.8 Å². The first-order chi connectivity index (χ1) is 30.1. The first-order valence-electron chi connectivity index (χ1n) is 20.5. The van der Waals surface area contributed by atoms with Crippen molar-refractivity contribution in [3.63, 3.8) is 0 Å². The van der Waals surface area contributed by atoms with E-state index in [2.05, 4.69) is 20.3 Å². The number of aryl methyl sites for hydroxylation is 4. The normalized spacial score (nSPS) is 12.3. The van der Waals surface area contributed by atoms with Crippen LogP contribution in [-0.2, 0) is 35.5 Å². The van der Waals surface area contributed by atoms with Crippen LogP contribution in [0.15, 0.2) is 50.2 Å². The van der Waals surface area contributed by atoms with Gasteiger partial charge >= 0.3 is 11.9 Å². The Kier molecular flexibility index (Phi) is 14.4. The summed E-state index contributed by atoms with van der Waals surface area (Å²) in [7, 11) is 1.49. The molecule has 3 N–H and O–H groups in total. The number of benzene rings is 2. The zero-order valence-electron chi connectivity index (χ0n) is 36.4. The number of amides is 3. The fourth-order valence-electron chi connectivity index (χ4n) is 6.73. The van der Waals surface area contributed by atoms with E-state index in [0.29, 0.717) is 86.2 Å². The summed E-state index contributed by atoms with van der Waals surface area (Å²) in [6.07, 6.45) is 5.45. The molecule has 4 aromatic heterocycles. The second-order valence-corrected chi connectivity index (χ2v) is 15.6. The van der Waals surface area contributed by atoms with Crippen molar-refractivity contribution in [1.29, 1.82) is 0 Å². The summed E-state index contributed by atoms with van der Waals surface area (Å²) in [6.45, 7) is 12.6. The van der Waals surface area contributed by atoms with Crippen LogP contribution < -0.4 is 25.3 Å². The molecule has 0 unspecified atom stereocenters. The highest BCUT2D eigenvalue weighted by atomic mass is 32.1. The number of thiazole rings is 1. The van der Waals surface area contributed by atoms with Crippen molar-refractivity contribution in [2.45, 2.75) is 99.8 Å². The third kappa shape index (κ3) is 10.3. The zero-order chi connectivity index (χ0) is 45.5. The number of allylic oxidation sites excluding steroid dienone is 2. The fraction of sp³-hybridized carbons (Fsp3) is 0.386. The van der Waals surface area contributed by atoms with Crippen LogP contribution in [0.25, 0.3) is 21.3 Å². The lowest BCUT2D eigenvalue weighted by Crippen LogP contribution is -2.18. The summed E-state index contributed by atoms with van der Waals surface area (Å²) in [5, 5.41) is 2.85. The average molecular weight is 883 g/mol. The van der Waals surface area contributed by atoms with E-state index in [1.54, 1.807) is 35.1 Å². The number of nitrogens with two attached hydrogens (primary N) is 1. The molecule has 0 bridgehead atoms. The molecule has 18 nitrogen and oxygen atoms in total. The number of primary amides is 1. The van der Waals surface area contributed by atoms with E-state index in [1.165, 1.54) is 37.5 Å². The molecular weight excluding hydrogens is 833 g/mol. The number of carbonyl (C=O) groups excluding carboxylic acids is 5. The Balaban J connectivity index is 1.41. The summed E-state index contributed by atoms with van der Waals surface area (Å²) in [6, 6.07) is 6.36. The molecule has 0 saturated carbocycles. The van der Waals surface area contributed by atoms with Crippen molar-refractivity contribution in [3.05, 3.63) is 87.0 Å². The maximum Gasteiger partial charge on any atom is 0.317 e. The van der Waals surface area contributed by atoms with E-state index in [9.17, 15) is 24.0 Å². The van der Waals surface area contributed by atoms with Crippen LogP contribution >= 0.6 is 11.3 Å². The Hall–Kier alpha value is -6.89. The number of fused-ring (bicyclic) bond motifs is 2. The number of ether oxygens (including phenoxy) is 3. The lowest BCUT2D eigenvalue weighted by atomic mass is 10.1. The van der Waals surface area contributed by atoms with Gasteiger partial charge in [0.05, 0.1) is 41.4 Å². The van der Waals surface area contributed by atoms with Crippen LogP contribution in [0.1, 0.15) is 119 Å². The number of hydrogen-bond donors (Lipinski definition) is 2. The molecule has 0 aliphatic rings. The van der Waals surface area contributed by atoms with Gasteiger partial charge in [-0.05, 0) is 63.8 Å². The van der Waals surface area contributed by atoms with E-state index in [0.717, 1.165) is 0 Å². The quantitative estimate of drug-likeness (QED) is 0.0368. The second-order valence-electron chi connectivity index (χ2n) is 14.6. The Morgan fingerprint density at radius 1 is 0.889 bits per heavy atom. The molecule has 1 atom stereocenters. The summed E-state index contributed by atoms with van der Waals surface area (Å²) in [4.78, 5) is 82.8. The highest BCUT2D eigenvalue weighted by molar-refractivity contribution is 7.16. The number of nitrogens with zero attached hydrogens (tertiary/aromatic N) is 6. The number of oxazole rings is 2. The average Bonchev–Trinajstić information content (AvgIpc) is 4.02. The molecule has 0 aliphatic carbocycles. The van der Waals surface area contributed by atoms with Crippen molar-refractivity contribution in [1.82, 2.24) is 24.1 Å². The molecule has 63 heavy (non-hydrogen) atoms. The monoisotopic (exact) mass is 882 g/mol. The van der Waals surface area contributed by atoms with Crippen molar-refractivity contribution in [2.24, 2.45) is 10.7 Å². The molecular formula is C44H50N8O10S. The van der Waals surface area contributed by atoms with Gasteiger partial charge in [-0.25, -0.2) is 15.0 Å². The highest BCUT2D eigenvalue weighted by Crippen LogP contribution is 2.33. The van der Waals surface area contributed by atoms with Crippen molar-refractivity contribution < 1.29 is 47.0 Å². The van der Waals surface area contributed by atoms with Crippen molar-refractivity contribution in [2.75, 3.05) is 19.0 Å². The van der Waals surface area contributed by atoms with Gasteiger partial charge in [0.1, 0.15) is 22.5 Å². The van der Waals surface area contributed by atoms with Crippen LogP contribution in [0.3, 0.4) is 0 Å². The van der Waals surface area contributed by atoms with Crippen molar-refractivity contribution in [3.8, 4) is 11.5 Å². The van der Waals surface area contributed by atoms with Crippen LogP contribution in [0.2, 0.25) is 0 Å². The third-order valence-corrected chi connectivity index (χ3v) is 11.0. The van der Waals surface area contributed by atoms with Crippen molar-refractivity contribution >= 4 is 68.0 Å². The molecule has 332 valence electrons. The second kappa shape index (κ2) is 19.9. The van der Waals surface area contributed by atoms with Crippen LogP contribution in [-0.4, -0.2) is 73.4 Å². The van der Waals surface area contributed by atoms with E-state index in [1.807, 2.05) is 39.8 Å². The SMILES string of the molecule is CCc1nc(C)oc1C(=O)/N=c1\sc2cc(C(C)=O)cc(OC)c2n1C/C=C/Cn1c(NC(=O)c2oc(C)nc2CC)nc2cc(C(N)=O)cc(OCCCC(=O)O[C@@H](C)CC)c21. The molecule has 0 fully saturated rings. The maximum atomic E-state index is 13.7. The molecule has 6 aromatic rings. The van der Waals surface area contributed by atoms with Gasteiger partial charge in [0.2, 0.25) is 23.4 Å². The molecule has 0 radical (unpaired) electrons. The predicted molar refractivity (Wildman–Crippen MR) is 233 cm³/mol. The number of carbonyl (C=O) groups is 5. The van der Waals surface area contributed by atoms with Gasteiger partial charge in [0.15, 0.2) is 22.4 Å². The Labute approximate surface area is 366 Å². The third-order valence-electron chi connectivity index (χ3n) is 9.99. The number of Topliss-reactive ketones (excluding diaryl/α,β-unsaturated/α-hetero) is 1. The largest absolute Gasteiger partial charge is 0.494 e. The number of aromatic nitrogens is 5. The van der Waals surface area contributed by atoms with Crippen LogP contribution in [0.5, 0.6) is 11.5 Å². The molecule has 19 heteroatoms. The molecule has 4 heterocycles. The number of methoxy groups -OCH3 is 1. The minimum atomic E-state index is -0.724. The lowest BCUT2D eigenvalue weighted by molar-refractivity contribution is -0.148. The predicted octanol–water partition coefficient (Wildman–Crippen LogP) is 6.83. The summed E-state index contributed by atoms with van der Waals surface area (Å²) >= 11 is 1.21. The number of esters is 1. The number of nitrogens with one attached hydrogen (secondary N) is 1. The Morgan fingerprint density at radius 2 is 1.54 bits per heavy atom.